The number of carbonyl (C=O) groups excluding carboxylic acids is 1. The van der Waals surface area contributed by atoms with Gasteiger partial charge in [-0.3, -0.25) is 4.79 Å². The number of amides is 1. The molecule has 0 radical (unpaired) electrons. The molecule has 5 rings (SSSR count). The first-order valence-electron chi connectivity index (χ1n) is 13.9. The highest BCUT2D eigenvalue weighted by molar-refractivity contribution is 8.00. The maximum Gasteiger partial charge on any atom is 0.446 e. The van der Waals surface area contributed by atoms with Crippen molar-refractivity contribution in [2.24, 2.45) is 5.92 Å². The van der Waals surface area contributed by atoms with E-state index in [1.807, 2.05) is 6.07 Å². The summed E-state index contributed by atoms with van der Waals surface area (Å²) in [7, 11) is 3.03. The first-order chi connectivity index (χ1) is 20.3. The Morgan fingerprint density at radius 1 is 1.28 bits per heavy atom. The number of methoxy groups -OCH3 is 1. The van der Waals surface area contributed by atoms with Crippen LogP contribution in [0.15, 0.2) is 41.3 Å². The highest BCUT2D eigenvalue weighted by Gasteiger charge is 2.57. The zero-order chi connectivity index (χ0) is 31.0. The highest BCUT2D eigenvalue weighted by Crippen LogP contribution is 2.52. The molecule has 1 saturated heterocycles. The summed E-state index contributed by atoms with van der Waals surface area (Å²) in [5, 5.41) is 24.0. The number of pyridine rings is 1. The minimum Gasteiger partial charge on any atom is -0.495 e. The number of aromatic nitrogens is 2. The number of benzene rings is 1. The van der Waals surface area contributed by atoms with Gasteiger partial charge in [0.15, 0.2) is 0 Å². The van der Waals surface area contributed by atoms with Crippen LogP contribution in [0.5, 0.6) is 5.75 Å². The number of rotatable bonds is 9. The van der Waals surface area contributed by atoms with Crippen molar-refractivity contribution in [2.75, 3.05) is 51.0 Å². The van der Waals surface area contributed by atoms with Gasteiger partial charge in [-0.25, -0.2) is 4.52 Å². The molecule has 2 aromatic heterocycles. The Hall–Kier alpha value is -3.60. The lowest BCUT2D eigenvalue weighted by Crippen LogP contribution is -2.46. The van der Waals surface area contributed by atoms with E-state index < -0.39 is 11.1 Å². The van der Waals surface area contributed by atoms with Gasteiger partial charge in [0.1, 0.15) is 17.3 Å². The van der Waals surface area contributed by atoms with Crippen LogP contribution in [0.3, 0.4) is 0 Å². The molecule has 13 heteroatoms. The molecule has 2 atom stereocenters. The molecule has 4 N–H and O–H groups in total. The number of nitrogens with zero attached hydrogens (tertiary/aromatic N) is 3. The Labute approximate surface area is 252 Å². The summed E-state index contributed by atoms with van der Waals surface area (Å²) in [6.45, 7) is 5.94. The molecule has 1 saturated carbocycles. The van der Waals surface area contributed by atoms with E-state index in [1.54, 1.807) is 44.2 Å². The van der Waals surface area contributed by atoms with Crippen molar-refractivity contribution in [1.82, 2.24) is 19.8 Å². The van der Waals surface area contributed by atoms with Crippen molar-refractivity contribution in [2.45, 2.75) is 48.2 Å². The van der Waals surface area contributed by atoms with E-state index in [-0.39, 0.29) is 40.3 Å². The molecule has 9 nitrogen and oxygen atoms in total. The first kappa shape index (κ1) is 30.8. The van der Waals surface area contributed by atoms with Crippen molar-refractivity contribution in [3.05, 3.63) is 47.7 Å². The summed E-state index contributed by atoms with van der Waals surface area (Å²) < 4.78 is 47.7. The Morgan fingerprint density at radius 2 is 2.07 bits per heavy atom. The number of β-amino-alcohol motifs (C(OH)–C–C–N with tert-alkyl or cyclic N) is 1. The normalized spacial score (nSPS) is 20.1. The van der Waals surface area contributed by atoms with Crippen LogP contribution in [-0.2, 0) is 0 Å². The molecular weight excluding hydrogens is 581 g/mol. The van der Waals surface area contributed by atoms with E-state index in [1.165, 1.54) is 18.7 Å². The zero-order valence-electron chi connectivity index (χ0n) is 24.4. The van der Waals surface area contributed by atoms with Gasteiger partial charge in [0.2, 0.25) is 0 Å². The van der Waals surface area contributed by atoms with E-state index in [0.717, 1.165) is 25.9 Å². The number of hydrogen-bond acceptors (Lipinski definition) is 8. The largest absolute Gasteiger partial charge is 0.495 e. The summed E-state index contributed by atoms with van der Waals surface area (Å²) in [5.74, 6) is 6.91. The number of thioether (sulfide) groups is 1. The predicted octanol–water partition coefficient (Wildman–Crippen LogP) is 4.43. The van der Waals surface area contributed by atoms with Crippen LogP contribution < -0.4 is 20.7 Å². The van der Waals surface area contributed by atoms with Gasteiger partial charge in [0.05, 0.1) is 35.4 Å². The molecule has 1 aromatic carbocycles. The number of carbonyl (C=O) groups is 1. The third-order valence-corrected chi connectivity index (χ3v) is 8.50. The van der Waals surface area contributed by atoms with E-state index in [2.05, 4.69) is 37.8 Å². The number of ether oxygens (including phenoxy) is 1. The second-order valence-corrected chi connectivity index (χ2v) is 12.6. The Balaban J connectivity index is 1.37. The quantitative estimate of drug-likeness (QED) is 0.207. The van der Waals surface area contributed by atoms with Gasteiger partial charge in [-0.15, -0.1) is 0 Å². The number of likely N-dealkylation sites (tertiary alicyclic amines) is 1. The molecule has 230 valence electrons. The van der Waals surface area contributed by atoms with Crippen LogP contribution in [0.4, 0.5) is 24.7 Å². The number of aliphatic hydroxyl groups is 1. The maximum absolute atomic E-state index is 13.6. The topological polar surface area (TPSA) is 103 Å². The number of alkyl halides is 3. The molecule has 0 spiro atoms. The monoisotopic (exact) mass is 616 g/mol. The second kappa shape index (κ2) is 11.8. The van der Waals surface area contributed by atoms with Crippen molar-refractivity contribution in [3.8, 4) is 17.6 Å². The van der Waals surface area contributed by atoms with E-state index in [9.17, 15) is 23.1 Å². The van der Waals surface area contributed by atoms with Gasteiger partial charge < -0.3 is 30.7 Å². The fourth-order valence-electron chi connectivity index (χ4n) is 5.69. The third-order valence-electron chi connectivity index (χ3n) is 7.67. The smallest absolute Gasteiger partial charge is 0.446 e. The lowest BCUT2D eigenvalue weighted by molar-refractivity contribution is -0.0328. The highest BCUT2D eigenvalue weighted by atomic mass is 32.2. The third kappa shape index (κ3) is 7.14. The number of anilines is 2. The zero-order valence-corrected chi connectivity index (χ0v) is 25.2. The standard InChI is InChI=1S/C30H35F3N6O3S/c1-28(2,41)18-38-14-12-29(16-20(29)17-38)36-25-9-5-8-23-26(43-30(31,32)33)21(37-39(23)25)7-6-13-35-22-15-19(27(40)34-3)10-11-24(22)42-4/h5,8-11,15,20,35-36,41H,12-14,16-18H2,1-4H3,(H,34,40). The van der Waals surface area contributed by atoms with Crippen molar-refractivity contribution >= 4 is 34.7 Å². The van der Waals surface area contributed by atoms with Crippen molar-refractivity contribution in [1.29, 1.82) is 0 Å². The summed E-state index contributed by atoms with van der Waals surface area (Å²) >= 11 is -0.227. The molecule has 3 heterocycles. The van der Waals surface area contributed by atoms with Crippen LogP contribution in [-0.4, -0.2) is 82.5 Å². The molecule has 2 aliphatic rings. The minimum atomic E-state index is -4.52. The SMILES string of the molecule is CNC(=O)c1ccc(OC)c(NCC#Cc2nn3c(NC45CCN(CC(C)(C)O)CC4C5)cccc3c2SC(F)(F)F)c1. The number of piperidine rings is 1. The molecule has 1 aliphatic heterocycles. The molecule has 0 bridgehead atoms. The molecule has 1 aliphatic carbocycles. The predicted molar refractivity (Wildman–Crippen MR) is 161 cm³/mol. The Bertz CT molecular complexity index is 1580. The first-order valence-corrected chi connectivity index (χ1v) is 14.8. The Kier molecular flexibility index (Phi) is 8.48. The number of halogens is 3. The molecule has 1 amide bonds. The number of fused-ring (bicyclic) bond motifs is 2. The molecule has 3 aromatic rings. The van der Waals surface area contributed by atoms with E-state index in [0.29, 0.717) is 40.8 Å². The van der Waals surface area contributed by atoms with Gasteiger partial charge in [-0.1, -0.05) is 12.0 Å². The summed E-state index contributed by atoms with van der Waals surface area (Å²) in [5.41, 5.74) is -4.16. The molecule has 2 unspecified atom stereocenters. The summed E-state index contributed by atoms with van der Waals surface area (Å²) in [6, 6.07) is 10.0. The van der Waals surface area contributed by atoms with Gasteiger partial charge in [0.25, 0.3) is 5.91 Å². The van der Waals surface area contributed by atoms with Crippen LogP contribution in [0.1, 0.15) is 42.7 Å². The molecule has 43 heavy (non-hydrogen) atoms. The molecule has 2 fully saturated rings. The summed E-state index contributed by atoms with van der Waals surface area (Å²) in [6.07, 6.45) is 1.80. The van der Waals surface area contributed by atoms with Gasteiger partial charge in [-0.05, 0) is 80.6 Å². The van der Waals surface area contributed by atoms with Crippen LogP contribution in [0, 0.1) is 17.8 Å². The Morgan fingerprint density at radius 3 is 2.74 bits per heavy atom. The summed E-state index contributed by atoms with van der Waals surface area (Å²) in [4.78, 5) is 14.2. The number of nitrogens with one attached hydrogen (secondary N) is 3. The van der Waals surface area contributed by atoms with Gasteiger partial charge in [-0.2, -0.15) is 18.3 Å². The lowest BCUT2D eigenvalue weighted by Gasteiger charge is -2.35. The fraction of sp³-hybridized carbons (Fsp3) is 0.467. The minimum absolute atomic E-state index is 0.0225. The number of hydrogen-bond donors (Lipinski definition) is 4. The van der Waals surface area contributed by atoms with Crippen LogP contribution in [0.25, 0.3) is 5.52 Å². The second-order valence-electron chi connectivity index (χ2n) is 11.6. The average Bonchev–Trinajstić information content (AvgIpc) is 3.54. The van der Waals surface area contributed by atoms with E-state index in [4.69, 9.17) is 4.74 Å². The van der Waals surface area contributed by atoms with E-state index >= 15 is 0 Å². The van der Waals surface area contributed by atoms with Crippen molar-refractivity contribution < 1.29 is 27.8 Å². The van der Waals surface area contributed by atoms with Gasteiger partial charge in [0, 0.05) is 37.8 Å². The lowest BCUT2D eigenvalue weighted by atomic mass is 10.0. The van der Waals surface area contributed by atoms with Crippen LogP contribution >= 0.6 is 11.8 Å². The maximum atomic E-state index is 13.6. The van der Waals surface area contributed by atoms with Gasteiger partial charge >= 0.3 is 5.51 Å². The van der Waals surface area contributed by atoms with Crippen LogP contribution in [0.2, 0.25) is 0 Å². The molecular formula is C30H35F3N6O3S. The average molecular weight is 617 g/mol. The fourth-order valence-corrected chi connectivity index (χ4v) is 6.37. The van der Waals surface area contributed by atoms with Crippen molar-refractivity contribution in [3.63, 3.8) is 0 Å².